The molecule has 2 aromatic rings. The van der Waals surface area contributed by atoms with Crippen molar-refractivity contribution in [1.82, 2.24) is 8.97 Å². The van der Waals surface area contributed by atoms with Gasteiger partial charge in [-0.05, 0) is 12.1 Å². The van der Waals surface area contributed by atoms with Crippen molar-refractivity contribution in [3.05, 3.63) is 40.6 Å². The Labute approximate surface area is 82.4 Å². The Morgan fingerprint density at radius 2 is 1.87 bits per heavy atom. The maximum atomic E-state index is 12.3. The van der Waals surface area contributed by atoms with Crippen LogP contribution < -0.4 is 5.69 Å². The van der Waals surface area contributed by atoms with Crippen molar-refractivity contribution in [2.45, 2.75) is 6.18 Å². The summed E-state index contributed by atoms with van der Waals surface area (Å²) >= 11 is 0. The van der Waals surface area contributed by atoms with E-state index in [0.717, 1.165) is 16.7 Å². The van der Waals surface area contributed by atoms with Gasteiger partial charge in [0.2, 0.25) is 0 Å². The third-order valence-corrected chi connectivity index (χ3v) is 2.14. The Morgan fingerprint density at radius 1 is 1.20 bits per heavy atom. The number of imidazole rings is 1. The van der Waals surface area contributed by atoms with Gasteiger partial charge in [-0.3, -0.25) is 4.40 Å². The highest BCUT2D eigenvalue weighted by atomic mass is 19.4. The molecular formula is C9H7F3N2O. The normalized spacial score (nSPS) is 12.3. The van der Waals surface area contributed by atoms with E-state index in [9.17, 15) is 18.0 Å². The number of rotatable bonds is 0. The highest BCUT2D eigenvalue weighted by molar-refractivity contribution is 5.46. The van der Waals surface area contributed by atoms with Crippen LogP contribution in [0.1, 0.15) is 5.56 Å². The molecule has 0 spiro atoms. The molecule has 2 rings (SSSR count). The number of nitrogens with zero attached hydrogens (tertiary/aromatic N) is 2. The van der Waals surface area contributed by atoms with Gasteiger partial charge in [-0.25, -0.2) is 4.79 Å². The SMILES string of the molecule is Cn1cc2ccc(C(F)(F)F)cn2c1=O. The van der Waals surface area contributed by atoms with Crippen LogP contribution in [0.2, 0.25) is 0 Å². The van der Waals surface area contributed by atoms with E-state index >= 15 is 0 Å². The summed E-state index contributed by atoms with van der Waals surface area (Å²) in [4.78, 5) is 11.4. The molecule has 0 bridgehead atoms. The molecule has 2 aromatic heterocycles. The fraction of sp³-hybridized carbons (Fsp3) is 0.222. The predicted molar refractivity (Wildman–Crippen MR) is 47.6 cm³/mol. The fourth-order valence-corrected chi connectivity index (χ4v) is 1.37. The number of hydrogen-bond acceptors (Lipinski definition) is 1. The summed E-state index contributed by atoms with van der Waals surface area (Å²) in [6.45, 7) is 0. The van der Waals surface area contributed by atoms with Gasteiger partial charge in [-0.1, -0.05) is 0 Å². The van der Waals surface area contributed by atoms with E-state index in [4.69, 9.17) is 0 Å². The Balaban J connectivity index is 2.76. The maximum absolute atomic E-state index is 12.3. The lowest BCUT2D eigenvalue weighted by Gasteiger charge is -2.05. The number of halogens is 3. The molecular weight excluding hydrogens is 209 g/mol. The maximum Gasteiger partial charge on any atom is 0.417 e. The van der Waals surface area contributed by atoms with Gasteiger partial charge in [0.25, 0.3) is 0 Å². The minimum atomic E-state index is -4.43. The van der Waals surface area contributed by atoms with Crippen molar-refractivity contribution < 1.29 is 13.2 Å². The lowest BCUT2D eigenvalue weighted by atomic mass is 10.2. The van der Waals surface area contributed by atoms with Crippen LogP contribution in [0.4, 0.5) is 13.2 Å². The Kier molecular flexibility index (Phi) is 1.89. The van der Waals surface area contributed by atoms with Crippen LogP contribution in [0, 0.1) is 0 Å². The molecule has 0 radical (unpaired) electrons. The topological polar surface area (TPSA) is 26.4 Å². The molecule has 0 aliphatic carbocycles. The molecule has 15 heavy (non-hydrogen) atoms. The van der Waals surface area contributed by atoms with E-state index in [0.29, 0.717) is 5.52 Å². The molecule has 0 saturated carbocycles. The van der Waals surface area contributed by atoms with Crippen LogP contribution in [0.25, 0.3) is 5.52 Å². The molecule has 0 aromatic carbocycles. The van der Waals surface area contributed by atoms with Crippen LogP contribution in [0.15, 0.2) is 29.3 Å². The second-order valence-electron chi connectivity index (χ2n) is 3.23. The fourth-order valence-electron chi connectivity index (χ4n) is 1.37. The van der Waals surface area contributed by atoms with Gasteiger partial charge in [-0.2, -0.15) is 13.2 Å². The first-order valence-corrected chi connectivity index (χ1v) is 4.14. The van der Waals surface area contributed by atoms with Gasteiger partial charge in [0.1, 0.15) is 0 Å². The molecule has 0 unspecified atom stereocenters. The number of alkyl halides is 3. The van der Waals surface area contributed by atoms with Crippen molar-refractivity contribution in [2.24, 2.45) is 7.05 Å². The third kappa shape index (κ3) is 1.51. The smallest absolute Gasteiger partial charge is 0.301 e. The van der Waals surface area contributed by atoms with Crippen LogP contribution >= 0.6 is 0 Å². The first kappa shape index (κ1) is 9.82. The average molecular weight is 216 g/mol. The van der Waals surface area contributed by atoms with Crippen molar-refractivity contribution in [3.8, 4) is 0 Å². The van der Waals surface area contributed by atoms with E-state index in [2.05, 4.69) is 0 Å². The summed E-state index contributed by atoms with van der Waals surface area (Å²) in [5, 5.41) is 0. The van der Waals surface area contributed by atoms with E-state index in [-0.39, 0.29) is 0 Å². The summed E-state index contributed by atoms with van der Waals surface area (Å²) < 4.78 is 39.2. The van der Waals surface area contributed by atoms with Crippen molar-refractivity contribution in [3.63, 3.8) is 0 Å². The summed E-state index contributed by atoms with van der Waals surface area (Å²) in [6, 6.07) is 2.22. The Morgan fingerprint density at radius 3 is 2.47 bits per heavy atom. The molecule has 6 heteroatoms. The third-order valence-electron chi connectivity index (χ3n) is 2.14. The average Bonchev–Trinajstić information content (AvgIpc) is 2.41. The molecule has 0 aliphatic heterocycles. The van der Waals surface area contributed by atoms with E-state index < -0.39 is 17.4 Å². The molecule has 0 aliphatic rings. The number of fused-ring (bicyclic) bond motifs is 1. The first-order valence-electron chi connectivity index (χ1n) is 4.14. The van der Waals surface area contributed by atoms with Gasteiger partial charge < -0.3 is 4.57 Å². The number of pyridine rings is 1. The van der Waals surface area contributed by atoms with Crippen molar-refractivity contribution >= 4 is 5.52 Å². The highest BCUT2D eigenvalue weighted by Crippen LogP contribution is 2.28. The minimum absolute atomic E-state index is 0.440. The van der Waals surface area contributed by atoms with Gasteiger partial charge in [-0.15, -0.1) is 0 Å². The quantitative estimate of drug-likeness (QED) is 0.657. The van der Waals surface area contributed by atoms with Gasteiger partial charge in [0, 0.05) is 19.4 Å². The first-order chi connectivity index (χ1) is 6.89. The van der Waals surface area contributed by atoms with E-state index in [1.807, 2.05) is 0 Å². The largest absolute Gasteiger partial charge is 0.417 e. The number of aryl methyl sites for hydroxylation is 1. The highest BCUT2D eigenvalue weighted by Gasteiger charge is 2.30. The Bertz CT molecular complexity index is 565. The van der Waals surface area contributed by atoms with Gasteiger partial charge in [0.05, 0.1) is 11.1 Å². The molecule has 80 valence electrons. The Hall–Kier alpha value is -1.72. The molecule has 0 N–H and O–H groups in total. The standard InChI is InChI=1S/C9H7F3N2O/c1-13-5-7-3-2-6(9(10,11)12)4-14(7)8(13)15/h2-5H,1H3. The zero-order chi connectivity index (χ0) is 11.2. The monoisotopic (exact) mass is 216 g/mol. The molecule has 0 amide bonds. The van der Waals surface area contributed by atoms with E-state index in [1.165, 1.54) is 23.9 Å². The molecule has 2 heterocycles. The van der Waals surface area contributed by atoms with Crippen LogP contribution in [-0.2, 0) is 13.2 Å². The summed E-state index contributed by atoms with van der Waals surface area (Å²) in [5.74, 6) is 0. The molecule has 0 saturated heterocycles. The molecule has 0 fully saturated rings. The van der Waals surface area contributed by atoms with Crippen LogP contribution in [0.5, 0.6) is 0 Å². The number of hydrogen-bond donors (Lipinski definition) is 0. The van der Waals surface area contributed by atoms with Crippen LogP contribution in [-0.4, -0.2) is 8.97 Å². The molecule has 3 nitrogen and oxygen atoms in total. The minimum Gasteiger partial charge on any atom is -0.301 e. The van der Waals surface area contributed by atoms with Crippen molar-refractivity contribution in [2.75, 3.05) is 0 Å². The summed E-state index contributed by atoms with van der Waals surface area (Å²) in [7, 11) is 1.49. The lowest BCUT2D eigenvalue weighted by Crippen LogP contribution is -2.18. The van der Waals surface area contributed by atoms with Gasteiger partial charge in [0.15, 0.2) is 0 Å². The number of aromatic nitrogens is 2. The summed E-state index contributed by atoms with van der Waals surface area (Å²) in [5.41, 5.74) is -0.880. The van der Waals surface area contributed by atoms with Crippen molar-refractivity contribution in [1.29, 1.82) is 0 Å². The summed E-state index contributed by atoms with van der Waals surface area (Å²) in [6.07, 6.45) is -2.15. The predicted octanol–water partition coefficient (Wildman–Crippen LogP) is 1.66. The lowest BCUT2D eigenvalue weighted by molar-refractivity contribution is -0.137. The van der Waals surface area contributed by atoms with Crippen LogP contribution in [0.3, 0.4) is 0 Å². The van der Waals surface area contributed by atoms with E-state index in [1.54, 1.807) is 0 Å². The molecule has 0 atom stereocenters. The zero-order valence-electron chi connectivity index (χ0n) is 7.75. The zero-order valence-corrected chi connectivity index (χ0v) is 7.75. The second kappa shape index (κ2) is 2.88. The van der Waals surface area contributed by atoms with Gasteiger partial charge >= 0.3 is 11.9 Å². The second-order valence-corrected chi connectivity index (χ2v) is 3.23.